The van der Waals surface area contributed by atoms with Gasteiger partial charge >= 0.3 is 6.03 Å². The smallest absolute Gasteiger partial charge is 0.319 e. The SMILES string of the molecule is COc1ccc(CC(NC(=O)Nc2ccc(Cl)cc2)c2nnn(CCN)n2)cc1.Cl. The summed E-state index contributed by atoms with van der Waals surface area (Å²) in [5, 5.41) is 18.7. The number of benzene rings is 2. The Morgan fingerprint density at radius 1 is 1.20 bits per heavy atom. The van der Waals surface area contributed by atoms with E-state index in [2.05, 4.69) is 26.0 Å². The molecule has 0 fully saturated rings. The number of halogens is 2. The summed E-state index contributed by atoms with van der Waals surface area (Å²) in [6.45, 7) is 0.836. The predicted molar refractivity (Wildman–Crippen MR) is 117 cm³/mol. The largest absolute Gasteiger partial charge is 0.497 e. The Labute approximate surface area is 185 Å². The number of hydrogen-bond donors (Lipinski definition) is 3. The second kappa shape index (κ2) is 11.3. The molecule has 1 aromatic heterocycles. The van der Waals surface area contributed by atoms with Crippen LogP contribution in [0.25, 0.3) is 0 Å². The molecule has 0 aliphatic heterocycles. The molecular weight excluding hydrogens is 429 g/mol. The molecule has 0 bridgehead atoms. The molecule has 0 aliphatic rings. The van der Waals surface area contributed by atoms with Gasteiger partial charge in [0.25, 0.3) is 0 Å². The highest BCUT2D eigenvalue weighted by atomic mass is 35.5. The van der Waals surface area contributed by atoms with E-state index in [4.69, 9.17) is 22.1 Å². The predicted octanol–water partition coefficient (Wildman–Crippen LogP) is 2.82. The number of amides is 2. The quantitative estimate of drug-likeness (QED) is 0.484. The summed E-state index contributed by atoms with van der Waals surface area (Å²) in [5.74, 6) is 1.16. The average molecular weight is 452 g/mol. The number of carbonyl (C=O) groups is 1. The Kier molecular flexibility index (Phi) is 8.85. The third-order valence-corrected chi connectivity index (χ3v) is 4.37. The third kappa shape index (κ3) is 6.58. The van der Waals surface area contributed by atoms with Gasteiger partial charge in [0.05, 0.1) is 19.7 Å². The highest BCUT2D eigenvalue weighted by molar-refractivity contribution is 6.30. The molecule has 11 heteroatoms. The molecule has 0 saturated heterocycles. The molecule has 3 aromatic rings. The number of anilines is 1. The van der Waals surface area contributed by atoms with Gasteiger partial charge in [-0.2, -0.15) is 4.80 Å². The van der Waals surface area contributed by atoms with Crippen molar-refractivity contribution >= 4 is 35.7 Å². The molecule has 9 nitrogen and oxygen atoms in total. The van der Waals surface area contributed by atoms with Crippen LogP contribution in [0.5, 0.6) is 5.75 Å². The molecule has 2 amide bonds. The van der Waals surface area contributed by atoms with Gasteiger partial charge in [-0.3, -0.25) is 0 Å². The lowest BCUT2D eigenvalue weighted by Gasteiger charge is -2.16. The lowest BCUT2D eigenvalue weighted by molar-refractivity contribution is 0.248. The number of urea groups is 1. The molecule has 0 saturated carbocycles. The van der Waals surface area contributed by atoms with Crippen molar-refractivity contribution in [2.24, 2.45) is 5.73 Å². The highest BCUT2D eigenvalue weighted by Crippen LogP contribution is 2.19. The van der Waals surface area contributed by atoms with Crippen LogP contribution in [0.1, 0.15) is 17.4 Å². The van der Waals surface area contributed by atoms with Crippen LogP contribution in [0, 0.1) is 0 Å². The number of hydrogen-bond acceptors (Lipinski definition) is 6. The minimum absolute atomic E-state index is 0. The first kappa shape index (κ1) is 23.4. The molecule has 0 radical (unpaired) electrons. The van der Waals surface area contributed by atoms with E-state index >= 15 is 0 Å². The van der Waals surface area contributed by atoms with Gasteiger partial charge in [-0.25, -0.2) is 4.79 Å². The van der Waals surface area contributed by atoms with Gasteiger partial charge < -0.3 is 21.1 Å². The Balaban J connectivity index is 0.00000320. The third-order valence-electron chi connectivity index (χ3n) is 4.12. The van der Waals surface area contributed by atoms with Crippen LogP contribution in [0.4, 0.5) is 10.5 Å². The van der Waals surface area contributed by atoms with Crippen molar-refractivity contribution < 1.29 is 9.53 Å². The van der Waals surface area contributed by atoms with Crippen LogP contribution < -0.4 is 21.1 Å². The van der Waals surface area contributed by atoms with Gasteiger partial charge in [0.2, 0.25) is 0 Å². The fourth-order valence-electron chi connectivity index (χ4n) is 2.67. The van der Waals surface area contributed by atoms with Crippen molar-refractivity contribution in [2.45, 2.75) is 19.0 Å². The summed E-state index contributed by atoms with van der Waals surface area (Å²) in [6.07, 6.45) is 0.479. The van der Waals surface area contributed by atoms with Crippen molar-refractivity contribution in [2.75, 3.05) is 19.0 Å². The van der Waals surface area contributed by atoms with Crippen molar-refractivity contribution in [3.63, 3.8) is 0 Å². The van der Waals surface area contributed by atoms with Gasteiger partial charge in [-0.15, -0.1) is 22.6 Å². The van der Waals surface area contributed by atoms with Crippen LogP contribution in [0.2, 0.25) is 5.02 Å². The molecule has 1 unspecified atom stereocenters. The highest BCUT2D eigenvalue weighted by Gasteiger charge is 2.21. The Morgan fingerprint density at radius 2 is 1.90 bits per heavy atom. The van der Waals surface area contributed by atoms with Crippen molar-refractivity contribution in [3.05, 3.63) is 64.9 Å². The van der Waals surface area contributed by atoms with E-state index in [0.29, 0.717) is 36.0 Å². The van der Waals surface area contributed by atoms with Crippen LogP contribution in [0.3, 0.4) is 0 Å². The Morgan fingerprint density at radius 3 is 2.53 bits per heavy atom. The molecular formula is C19H23Cl2N7O2. The van der Waals surface area contributed by atoms with Crippen molar-refractivity contribution in [1.82, 2.24) is 25.5 Å². The van der Waals surface area contributed by atoms with Crippen LogP contribution in [-0.4, -0.2) is 39.9 Å². The first-order valence-electron chi connectivity index (χ1n) is 9.01. The Bertz CT molecular complexity index is 933. The number of aromatic nitrogens is 4. The summed E-state index contributed by atoms with van der Waals surface area (Å²) in [4.78, 5) is 13.9. The molecule has 2 aromatic carbocycles. The number of carbonyl (C=O) groups excluding carboxylic acids is 1. The van der Waals surface area contributed by atoms with Gasteiger partial charge in [0.15, 0.2) is 5.82 Å². The number of nitrogens with zero attached hydrogens (tertiary/aromatic N) is 4. The number of nitrogens with one attached hydrogen (secondary N) is 2. The summed E-state index contributed by atoms with van der Waals surface area (Å²) >= 11 is 5.88. The maximum atomic E-state index is 12.5. The maximum Gasteiger partial charge on any atom is 0.319 e. The average Bonchev–Trinajstić information content (AvgIpc) is 3.19. The zero-order chi connectivity index (χ0) is 20.6. The molecule has 1 heterocycles. The molecule has 3 rings (SSSR count). The molecule has 0 aliphatic carbocycles. The lowest BCUT2D eigenvalue weighted by atomic mass is 10.1. The molecule has 1 atom stereocenters. The molecule has 160 valence electrons. The van der Waals surface area contributed by atoms with E-state index in [0.717, 1.165) is 11.3 Å². The lowest BCUT2D eigenvalue weighted by Crippen LogP contribution is -2.34. The first-order valence-corrected chi connectivity index (χ1v) is 9.39. The second-order valence-corrected chi connectivity index (χ2v) is 6.68. The van der Waals surface area contributed by atoms with Crippen LogP contribution in [0.15, 0.2) is 48.5 Å². The topological polar surface area (TPSA) is 120 Å². The molecule has 4 N–H and O–H groups in total. The van der Waals surface area contributed by atoms with Gasteiger partial charge in [-0.1, -0.05) is 23.7 Å². The Hall–Kier alpha value is -2.88. The maximum absolute atomic E-state index is 12.5. The van der Waals surface area contributed by atoms with E-state index in [9.17, 15) is 4.79 Å². The van der Waals surface area contributed by atoms with Gasteiger partial charge in [0, 0.05) is 23.7 Å². The second-order valence-electron chi connectivity index (χ2n) is 6.24. The fraction of sp³-hybridized carbons (Fsp3) is 0.263. The van der Waals surface area contributed by atoms with Crippen LogP contribution >= 0.6 is 24.0 Å². The molecule has 30 heavy (non-hydrogen) atoms. The van der Waals surface area contributed by atoms with Crippen molar-refractivity contribution in [1.29, 1.82) is 0 Å². The fourth-order valence-corrected chi connectivity index (χ4v) is 2.79. The van der Waals surface area contributed by atoms with E-state index in [-0.39, 0.29) is 18.4 Å². The number of ether oxygens (including phenoxy) is 1. The monoisotopic (exact) mass is 451 g/mol. The summed E-state index contributed by atoms with van der Waals surface area (Å²) in [6, 6.07) is 13.5. The normalized spacial score (nSPS) is 11.3. The summed E-state index contributed by atoms with van der Waals surface area (Å²) in [5.41, 5.74) is 7.15. The summed E-state index contributed by atoms with van der Waals surface area (Å²) < 4.78 is 5.19. The van der Waals surface area contributed by atoms with E-state index in [1.54, 1.807) is 31.4 Å². The summed E-state index contributed by atoms with van der Waals surface area (Å²) in [7, 11) is 1.61. The zero-order valence-corrected chi connectivity index (χ0v) is 17.9. The van der Waals surface area contributed by atoms with E-state index < -0.39 is 6.04 Å². The zero-order valence-electron chi connectivity index (χ0n) is 16.3. The number of tetrazole rings is 1. The standard InChI is InChI=1S/C19H22ClN7O2.ClH/c1-29-16-8-2-13(3-9-16)12-17(18-24-26-27(25-18)11-10-21)23-19(28)22-15-6-4-14(20)5-7-15;/h2-9,17H,10-12,21H2,1H3,(H2,22,23,28);1H. The van der Waals surface area contributed by atoms with E-state index in [1.165, 1.54) is 4.80 Å². The van der Waals surface area contributed by atoms with Crippen LogP contribution in [-0.2, 0) is 13.0 Å². The number of nitrogens with two attached hydrogens (primary N) is 1. The van der Waals surface area contributed by atoms with Gasteiger partial charge in [0.1, 0.15) is 5.75 Å². The van der Waals surface area contributed by atoms with Gasteiger partial charge in [-0.05, 0) is 47.2 Å². The number of rotatable bonds is 8. The van der Waals surface area contributed by atoms with Crippen molar-refractivity contribution in [3.8, 4) is 5.75 Å². The van der Waals surface area contributed by atoms with E-state index in [1.807, 2.05) is 24.3 Å². The molecule has 0 spiro atoms. The minimum atomic E-state index is -0.484. The number of methoxy groups -OCH3 is 1. The first-order chi connectivity index (χ1) is 14.1. The minimum Gasteiger partial charge on any atom is -0.497 e.